The number of hydrogen-bond donors (Lipinski definition) is 0. The number of ether oxygens (including phenoxy) is 3. The van der Waals surface area contributed by atoms with Crippen molar-refractivity contribution in [2.75, 3.05) is 38.9 Å². The number of fused-ring (bicyclic) bond motifs is 1. The molecule has 0 atom stereocenters. The molecule has 0 bridgehead atoms. The zero-order valence-corrected chi connectivity index (χ0v) is 36.3. The molecule has 12 nitrogen and oxygen atoms in total. The van der Waals surface area contributed by atoms with Gasteiger partial charge in [0.05, 0.1) is 27.9 Å². The van der Waals surface area contributed by atoms with Crippen LogP contribution in [-0.2, 0) is 27.5 Å². The van der Waals surface area contributed by atoms with Crippen molar-refractivity contribution in [2.45, 2.75) is 105 Å². The maximum atomic E-state index is 13.4. The van der Waals surface area contributed by atoms with Crippen molar-refractivity contribution in [1.82, 2.24) is 29.5 Å². The molecule has 0 amide bonds. The van der Waals surface area contributed by atoms with Gasteiger partial charge in [-0.05, 0) is 81.7 Å². The lowest BCUT2D eigenvalue weighted by molar-refractivity contribution is 0.0521. The summed E-state index contributed by atoms with van der Waals surface area (Å²) in [6, 6.07) is 11.3. The van der Waals surface area contributed by atoms with E-state index in [-0.39, 0.29) is 17.7 Å². The van der Waals surface area contributed by atoms with Gasteiger partial charge in [0.25, 0.3) is 0 Å². The van der Waals surface area contributed by atoms with E-state index in [1.807, 2.05) is 43.3 Å². The highest BCUT2D eigenvalue weighted by molar-refractivity contribution is 7.19. The summed E-state index contributed by atoms with van der Waals surface area (Å²) in [5.41, 5.74) is 4.32. The number of anilines is 2. The summed E-state index contributed by atoms with van der Waals surface area (Å²) in [4.78, 5) is 26.6. The Morgan fingerprint density at radius 1 is 1.07 bits per heavy atom. The van der Waals surface area contributed by atoms with Crippen LogP contribution in [0.15, 0.2) is 41.5 Å². The molecular formula is C40H56N8O4S2Si. The third kappa shape index (κ3) is 9.80. The van der Waals surface area contributed by atoms with Gasteiger partial charge < -0.3 is 19.1 Å². The molecule has 4 heterocycles. The van der Waals surface area contributed by atoms with Crippen LogP contribution in [0.5, 0.6) is 0 Å². The Bertz CT molecular complexity index is 2140. The van der Waals surface area contributed by atoms with Gasteiger partial charge in [-0.15, -0.1) is 10.2 Å². The third-order valence-corrected chi connectivity index (χ3v) is 14.4. The van der Waals surface area contributed by atoms with Gasteiger partial charge in [-0.3, -0.25) is 9.25 Å². The number of benzene rings is 1. The van der Waals surface area contributed by atoms with Crippen molar-refractivity contribution in [3.63, 3.8) is 0 Å². The first-order valence-electron chi connectivity index (χ1n) is 19.4. The Hall–Kier alpha value is -3.76. The summed E-state index contributed by atoms with van der Waals surface area (Å²) in [7, 11) is 2.45. The van der Waals surface area contributed by atoms with E-state index in [1.165, 1.54) is 43.4 Å². The minimum absolute atomic E-state index is 0.196. The number of aryl methyl sites for hydroxylation is 1. The highest BCUT2D eigenvalue weighted by atomic mass is 32.1. The van der Waals surface area contributed by atoms with Crippen LogP contribution in [0.4, 0.5) is 16.8 Å². The fourth-order valence-electron chi connectivity index (χ4n) is 7.19. The number of para-hydroxylation sites is 1. The van der Waals surface area contributed by atoms with E-state index in [0.29, 0.717) is 23.5 Å². The molecule has 0 unspecified atom stereocenters. The van der Waals surface area contributed by atoms with Gasteiger partial charge in [-0.1, -0.05) is 73.7 Å². The Morgan fingerprint density at radius 3 is 2.58 bits per heavy atom. The second-order valence-corrected chi connectivity index (χ2v) is 23.5. The predicted octanol–water partition coefficient (Wildman–Crippen LogP) is 9.30. The second kappa shape index (κ2) is 18.0. The van der Waals surface area contributed by atoms with Gasteiger partial charge in [0.15, 0.2) is 27.3 Å². The molecule has 0 N–H and O–H groups in total. The molecule has 0 aliphatic heterocycles. The van der Waals surface area contributed by atoms with Gasteiger partial charge in [0.1, 0.15) is 6.73 Å². The van der Waals surface area contributed by atoms with Crippen molar-refractivity contribution in [2.24, 2.45) is 10.4 Å². The van der Waals surface area contributed by atoms with Gasteiger partial charge in [0, 0.05) is 53.2 Å². The van der Waals surface area contributed by atoms with E-state index < -0.39 is 14.0 Å². The van der Waals surface area contributed by atoms with Crippen molar-refractivity contribution < 1.29 is 19.0 Å². The molecule has 6 rings (SSSR count). The van der Waals surface area contributed by atoms with E-state index in [1.54, 1.807) is 25.4 Å². The summed E-state index contributed by atoms with van der Waals surface area (Å²) in [6.45, 7) is 16.0. The van der Waals surface area contributed by atoms with Crippen LogP contribution < -0.4 is 9.70 Å². The van der Waals surface area contributed by atoms with E-state index in [0.717, 1.165) is 75.4 Å². The van der Waals surface area contributed by atoms with Crippen LogP contribution in [0, 0.1) is 19.3 Å². The van der Waals surface area contributed by atoms with E-state index in [2.05, 4.69) is 58.1 Å². The summed E-state index contributed by atoms with van der Waals surface area (Å²) in [6.07, 6.45) is 10.2. The lowest BCUT2D eigenvalue weighted by Gasteiger charge is -2.37. The largest absolute Gasteiger partial charge is 0.461 e. The molecule has 4 aromatic heterocycles. The molecule has 15 heteroatoms. The van der Waals surface area contributed by atoms with Crippen LogP contribution in [0.1, 0.15) is 73.6 Å². The zero-order chi connectivity index (χ0) is 39.2. The molecule has 1 aliphatic rings. The number of aromatic nitrogens is 6. The first-order chi connectivity index (χ1) is 26.4. The first-order valence-corrected chi connectivity index (χ1v) is 24.7. The molecule has 1 saturated carbocycles. The monoisotopic (exact) mass is 804 g/mol. The maximum absolute atomic E-state index is 13.4. The van der Waals surface area contributed by atoms with Gasteiger partial charge in [-0.25, -0.2) is 9.78 Å². The van der Waals surface area contributed by atoms with Crippen molar-refractivity contribution in [3.8, 4) is 10.4 Å². The number of rotatable bonds is 17. The second-order valence-electron chi connectivity index (χ2n) is 15.9. The molecular weight excluding hydrogens is 749 g/mol. The van der Waals surface area contributed by atoms with Crippen LogP contribution >= 0.6 is 22.7 Å². The molecule has 0 spiro atoms. The highest BCUT2D eigenvalue weighted by Crippen LogP contribution is 2.43. The number of carbonyl (C=O) groups excluding carboxylic acids is 1. The minimum atomic E-state index is -1.21. The Morgan fingerprint density at radius 2 is 1.85 bits per heavy atom. The summed E-state index contributed by atoms with van der Waals surface area (Å²) >= 11 is 3.03. The van der Waals surface area contributed by atoms with Crippen molar-refractivity contribution in [1.29, 1.82) is 0 Å². The fourth-order valence-corrected chi connectivity index (χ4v) is 10.1. The highest BCUT2D eigenvalue weighted by Gasteiger charge is 2.34. The van der Waals surface area contributed by atoms with Crippen molar-refractivity contribution in [3.05, 3.63) is 58.3 Å². The molecule has 0 saturated heterocycles. The average molecular weight is 805 g/mol. The van der Waals surface area contributed by atoms with Crippen LogP contribution in [-0.4, -0.2) is 77.6 Å². The quantitative estimate of drug-likeness (QED) is 0.0514. The molecule has 1 aliphatic carbocycles. The molecule has 1 fully saturated rings. The number of esters is 1. The average Bonchev–Trinajstić information content (AvgIpc) is 3.86. The van der Waals surface area contributed by atoms with Crippen molar-refractivity contribution >= 4 is 63.7 Å². The minimum Gasteiger partial charge on any atom is -0.461 e. The smallest absolute Gasteiger partial charge is 0.358 e. The number of thiazole rings is 2. The van der Waals surface area contributed by atoms with Crippen LogP contribution in [0.25, 0.3) is 20.7 Å². The fraction of sp³-hybridized carbons (Fsp3) is 0.550. The molecule has 296 valence electrons. The number of nitrogens with zero attached hydrogens (tertiary/aromatic N) is 8. The number of methoxy groups -OCH3 is 1. The number of hydrogen-bond acceptors (Lipinski definition) is 12. The summed E-state index contributed by atoms with van der Waals surface area (Å²) in [5.74, 6) is 0.669. The Labute approximate surface area is 333 Å². The number of carbonyl (C=O) groups is 1. The Kier molecular flexibility index (Phi) is 13.4. The standard InChI is InChI=1S/C40H56N8O4S2Si/c1-9-52-37(49)34-35(30-25-41-48(29(30)3)26-40(20-15-21-50-5)18-13-10-14-19-40)54-38(42-34)46(4)33-24-28(2)36(45-44-33)43-39-47(27-51-22-23-55(6,7)8)31-16-11-12-17-32(31)53-39/h11-12,16-17,24-25H,9-10,13-15,18-23,26-27H2,1-8H3. The molecule has 5 aromatic rings. The first kappa shape index (κ1) is 40.9. The van der Waals surface area contributed by atoms with Gasteiger partial charge >= 0.3 is 5.97 Å². The van der Waals surface area contributed by atoms with Crippen LogP contribution in [0.2, 0.25) is 25.7 Å². The van der Waals surface area contributed by atoms with E-state index >= 15 is 0 Å². The normalized spacial score (nSPS) is 14.9. The topological polar surface area (TPSA) is 122 Å². The Balaban J connectivity index is 1.28. The summed E-state index contributed by atoms with van der Waals surface area (Å²) < 4.78 is 22.4. The third-order valence-electron chi connectivity index (χ3n) is 10.5. The molecule has 1 aromatic carbocycles. The van der Waals surface area contributed by atoms with E-state index in [4.69, 9.17) is 29.3 Å². The molecule has 55 heavy (non-hydrogen) atoms. The summed E-state index contributed by atoms with van der Waals surface area (Å²) in [5, 5.41) is 14.7. The molecule has 0 radical (unpaired) electrons. The lowest BCUT2D eigenvalue weighted by Crippen LogP contribution is -2.31. The SMILES string of the molecule is CCOC(=O)c1nc(N(C)c2cc(C)c(N=c3sc4ccccc4n3COCC[Si](C)(C)C)nn2)sc1-c1cnn(CC2(CCCOC)CCCCC2)c1C. The van der Waals surface area contributed by atoms with Gasteiger partial charge in [-0.2, -0.15) is 10.1 Å². The van der Waals surface area contributed by atoms with E-state index in [9.17, 15) is 4.79 Å². The maximum Gasteiger partial charge on any atom is 0.358 e. The lowest BCUT2D eigenvalue weighted by atomic mass is 9.71. The van der Waals surface area contributed by atoms with Crippen LogP contribution in [0.3, 0.4) is 0 Å². The predicted molar refractivity (Wildman–Crippen MR) is 225 cm³/mol. The zero-order valence-electron chi connectivity index (χ0n) is 33.7. The van der Waals surface area contributed by atoms with Gasteiger partial charge in [0.2, 0.25) is 0 Å².